The van der Waals surface area contributed by atoms with Crippen LogP contribution >= 0.6 is 11.6 Å². The molecule has 108 valence electrons. The highest BCUT2D eigenvalue weighted by Gasteiger charge is 2.21. The number of carbonyl (C=O) groups is 2. The summed E-state index contributed by atoms with van der Waals surface area (Å²) in [5.41, 5.74) is 6.26. The predicted molar refractivity (Wildman–Crippen MR) is 76.2 cm³/mol. The molecule has 1 aliphatic rings. The van der Waals surface area contributed by atoms with Crippen LogP contribution in [-0.2, 0) is 0 Å². The fourth-order valence-corrected chi connectivity index (χ4v) is 2.27. The first-order chi connectivity index (χ1) is 9.47. The van der Waals surface area contributed by atoms with Gasteiger partial charge in [-0.2, -0.15) is 0 Å². The average Bonchev–Trinajstić information content (AvgIpc) is 2.41. The number of likely N-dealkylation sites (tertiary alicyclic amines) is 1. The summed E-state index contributed by atoms with van der Waals surface area (Å²) in [5, 5.41) is 11.7. The average molecular weight is 298 g/mol. The molecule has 0 bridgehead atoms. The van der Waals surface area contributed by atoms with Crippen molar-refractivity contribution in [2.75, 3.05) is 18.4 Å². The second-order valence-corrected chi connectivity index (χ2v) is 5.16. The van der Waals surface area contributed by atoms with Crippen LogP contribution in [0.1, 0.15) is 23.2 Å². The van der Waals surface area contributed by atoms with E-state index in [4.69, 9.17) is 22.4 Å². The maximum absolute atomic E-state index is 12.0. The SMILES string of the molecule is NC1CCN(C(=O)Nc2ccc(C(=O)O)cc2Cl)CC1. The van der Waals surface area contributed by atoms with Crippen molar-refractivity contribution in [3.05, 3.63) is 28.8 Å². The number of rotatable bonds is 2. The summed E-state index contributed by atoms with van der Waals surface area (Å²) in [5.74, 6) is -1.06. The van der Waals surface area contributed by atoms with Crippen molar-refractivity contribution in [1.82, 2.24) is 4.90 Å². The maximum Gasteiger partial charge on any atom is 0.335 e. The molecule has 4 N–H and O–H groups in total. The van der Waals surface area contributed by atoms with Crippen molar-refractivity contribution in [1.29, 1.82) is 0 Å². The van der Waals surface area contributed by atoms with Crippen LogP contribution in [0.5, 0.6) is 0 Å². The largest absolute Gasteiger partial charge is 0.478 e. The fraction of sp³-hybridized carbons (Fsp3) is 0.385. The number of nitrogens with two attached hydrogens (primary N) is 1. The van der Waals surface area contributed by atoms with E-state index in [2.05, 4.69) is 5.32 Å². The van der Waals surface area contributed by atoms with E-state index < -0.39 is 5.97 Å². The number of aromatic carboxylic acids is 1. The summed E-state index contributed by atoms with van der Waals surface area (Å²) in [6, 6.07) is 4.10. The second-order valence-electron chi connectivity index (χ2n) is 4.75. The highest BCUT2D eigenvalue weighted by Crippen LogP contribution is 2.24. The van der Waals surface area contributed by atoms with E-state index in [9.17, 15) is 9.59 Å². The van der Waals surface area contributed by atoms with Gasteiger partial charge in [0.2, 0.25) is 0 Å². The Morgan fingerprint density at radius 1 is 1.35 bits per heavy atom. The number of piperidine rings is 1. The third kappa shape index (κ3) is 3.40. The van der Waals surface area contributed by atoms with Crippen LogP contribution in [0.4, 0.5) is 10.5 Å². The van der Waals surface area contributed by atoms with Crippen LogP contribution in [0.15, 0.2) is 18.2 Å². The first kappa shape index (κ1) is 14.6. The molecule has 0 atom stereocenters. The van der Waals surface area contributed by atoms with Crippen molar-refractivity contribution >= 4 is 29.3 Å². The first-order valence-electron chi connectivity index (χ1n) is 6.31. The van der Waals surface area contributed by atoms with E-state index in [0.29, 0.717) is 18.8 Å². The molecule has 0 unspecified atom stereocenters. The Bertz CT molecular complexity index is 528. The molecule has 0 spiro atoms. The highest BCUT2D eigenvalue weighted by molar-refractivity contribution is 6.34. The number of nitrogens with one attached hydrogen (secondary N) is 1. The molecule has 1 heterocycles. The number of urea groups is 1. The molecule has 1 fully saturated rings. The molecule has 1 aromatic carbocycles. The number of carbonyl (C=O) groups excluding carboxylic acids is 1. The number of amides is 2. The molecule has 1 aromatic rings. The van der Waals surface area contributed by atoms with Gasteiger partial charge in [0.05, 0.1) is 16.3 Å². The molecular formula is C13H16ClN3O3. The Morgan fingerprint density at radius 2 is 2.00 bits per heavy atom. The Kier molecular flexibility index (Phi) is 4.46. The van der Waals surface area contributed by atoms with Gasteiger partial charge in [0, 0.05) is 19.1 Å². The Balaban J connectivity index is 2.02. The van der Waals surface area contributed by atoms with Gasteiger partial charge in [-0.3, -0.25) is 0 Å². The molecule has 2 amide bonds. The standard InChI is InChI=1S/C13H16ClN3O3/c14-10-7-8(12(18)19)1-2-11(10)16-13(20)17-5-3-9(15)4-6-17/h1-2,7,9H,3-6,15H2,(H,16,20)(H,18,19). The van der Waals surface area contributed by atoms with Gasteiger partial charge >= 0.3 is 12.0 Å². The molecular weight excluding hydrogens is 282 g/mol. The first-order valence-corrected chi connectivity index (χ1v) is 6.69. The molecule has 0 radical (unpaired) electrons. The minimum atomic E-state index is -1.06. The van der Waals surface area contributed by atoms with E-state index in [1.807, 2.05) is 0 Å². The summed E-state index contributed by atoms with van der Waals surface area (Å²) >= 11 is 5.96. The lowest BCUT2D eigenvalue weighted by atomic mass is 10.1. The number of carboxylic acids is 1. The topological polar surface area (TPSA) is 95.7 Å². The molecule has 0 aromatic heterocycles. The van der Waals surface area contributed by atoms with E-state index >= 15 is 0 Å². The Labute approximate surface area is 121 Å². The molecule has 0 saturated carbocycles. The summed E-state index contributed by atoms with van der Waals surface area (Å²) in [4.78, 5) is 24.5. The van der Waals surface area contributed by atoms with Gasteiger partial charge in [-0.1, -0.05) is 11.6 Å². The minimum Gasteiger partial charge on any atom is -0.478 e. The second kappa shape index (κ2) is 6.11. The van der Waals surface area contributed by atoms with E-state index in [1.165, 1.54) is 18.2 Å². The summed E-state index contributed by atoms with van der Waals surface area (Å²) in [6.07, 6.45) is 1.55. The van der Waals surface area contributed by atoms with Crippen molar-refractivity contribution in [2.24, 2.45) is 5.73 Å². The summed E-state index contributed by atoms with van der Waals surface area (Å²) < 4.78 is 0. The van der Waals surface area contributed by atoms with Crippen LogP contribution < -0.4 is 11.1 Å². The monoisotopic (exact) mass is 297 g/mol. The molecule has 6 nitrogen and oxygen atoms in total. The Morgan fingerprint density at radius 3 is 2.55 bits per heavy atom. The number of hydrogen-bond acceptors (Lipinski definition) is 3. The zero-order valence-corrected chi connectivity index (χ0v) is 11.6. The van der Waals surface area contributed by atoms with Gasteiger partial charge < -0.3 is 21.1 Å². The summed E-state index contributed by atoms with van der Waals surface area (Å²) in [7, 11) is 0. The fourth-order valence-electron chi connectivity index (χ4n) is 2.05. The normalized spacial score (nSPS) is 16.0. The van der Waals surface area contributed by atoms with Gasteiger partial charge in [-0.15, -0.1) is 0 Å². The molecule has 7 heteroatoms. The smallest absolute Gasteiger partial charge is 0.335 e. The number of halogens is 1. The molecule has 20 heavy (non-hydrogen) atoms. The zero-order chi connectivity index (χ0) is 14.7. The number of benzene rings is 1. The van der Waals surface area contributed by atoms with E-state index in [-0.39, 0.29) is 22.7 Å². The predicted octanol–water partition coefficient (Wildman–Crippen LogP) is 1.99. The maximum atomic E-state index is 12.0. The van der Waals surface area contributed by atoms with Crippen molar-refractivity contribution in [3.8, 4) is 0 Å². The van der Waals surface area contributed by atoms with Gasteiger partial charge in [-0.05, 0) is 31.0 Å². The van der Waals surface area contributed by atoms with E-state index in [0.717, 1.165) is 12.8 Å². The summed E-state index contributed by atoms with van der Waals surface area (Å²) in [6.45, 7) is 1.22. The third-order valence-electron chi connectivity index (χ3n) is 3.28. The highest BCUT2D eigenvalue weighted by atomic mass is 35.5. The lowest BCUT2D eigenvalue weighted by Gasteiger charge is -2.30. The molecule has 2 rings (SSSR count). The van der Waals surface area contributed by atoms with Gasteiger partial charge in [0.1, 0.15) is 0 Å². The number of nitrogens with zero attached hydrogens (tertiary/aromatic N) is 1. The van der Waals surface area contributed by atoms with E-state index in [1.54, 1.807) is 4.90 Å². The van der Waals surface area contributed by atoms with Crippen molar-refractivity contribution in [3.63, 3.8) is 0 Å². The zero-order valence-electron chi connectivity index (χ0n) is 10.8. The minimum absolute atomic E-state index is 0.0805. The van der Waals surface area contributed by atoms with Gasteiger partial charge in [0.15, 0.2) is 0 Å². The molecule has 1 saturated heterocycles. The lowest BCUT2D eigenvalue weighted by Crippen LogP contribution is -2.44. The van der Waals surface area contributed by atoms with Crippen LogP contribution in [0.25, 0.3) is 0 Å². The van der Waals surface area contributed by atoms with Crippen LogP contribution in [0.3, 0.4) is 0 Å². The van der Waals surface area contributed by atoms with Gasteiger partial charge in [-0.25, -0.2) is 9.59 Å². The van der Waals surface area contributed by atoms with Crippen LogP contribution in [0, 0.1) is 0 Å². The third-order valence-corrected chi connectivity index (χ3v) is 3.60. The van der Waals surface area contributed by atoms with Crippen LogP contribution in [-0.4, -0.2) is 41.1 Å². The Hall–Kier alpha value is -1.79. The number of anilines is 1. The van der Waals surface area contributed by atoms with Crippen molar-refractivity contribution in [2.45, 2.75) is 18.9 Å². The molecule has 0 aliphatic carbocycles. The molecule has 1 aliphatic heterocycles. The number of hydrogen-bond donors (Lipinski definition) is 3. The number of carboxylic acid groups (broad SMARTS) is 1. The van der Waals surface area contributed by atoms with Crippen molar-refractivity contribution < 1.29 is 14.7 Å². The lowest BCUT2D eigenvalue weighted by molar-refractivity contribution is 0.0697. The quantitative estimate of drug-likeness (QED) is 0.778. The van der Waals surface area contributed by atoms with Crippen LogP contribution in [0.2, 0.25) is 5.02 Å². The van der Waals surface area contributed by atoms with Gasteiger partial charge in [0.25, 0.3) is 0 Å².